The van der Waals surface area contributed by atoms with E-state index in [0.29, 0.717) is 23.0 Å². The summed E-state index contributed by atoms with van der Waals surface area (Å²) in [6.45, 7) is -0.0303. The fraction of sp³-hybridized carbons (Fsp3) is 0.333. The second kappa shape index (κ2) is 7.72. The van der Waals surface area contributed by atoms with Crippen LogP contribution < -0.4 is 5.32 Å². The van der Waals surface area contributed by atoms with Gasteiger partial charge in [-0.05, 0) is 54.5 Å². The summed E-state index contributed by atoms with van der Waals surface area (Å²) in [5, 5.41) is 24.5. The summed E-state index contributed by atoms with van der Waals surface area (Å²) in [5.41, 5.74) is 2.60. The molecule has 0 bridgehead atoms. The molecule has 0 amide bonds. The fourth-order valence-corrected chi connectivity index (χ4v) is 3.89. The molecule has 1 saturated carbocycles. The number of nitrogens with zero attached hydrogens (tertiary/aromatic N) is 1. The lowest BCUT2D eigenvalue weighted by Gasteiger charge is -2.24. The first kappa shape index (κ1) is 18.2. The SMILES string of the molecule is O=[N+]([O-])c1ccc(Cl)cc1N[C@H](CCO)c1c(Br)cccc1C1CC1. The van der Waals surface area contributed by atoms with Gasteiger partial charge in [-0.25, -0.2) is 0 Å². The monoisotopic (exact) mass is 424 g/mol. The Bertz CT molecular complexity index is 796. The van der Waals surface area contributed by atoms with E-state index in [4.69, 9.17) is 11.6 Å². The van der Waals surface area contributed by atoms with Gasteiger partial charge in [0, 0.05) is 22.2 Å². The van der Waals surface area contributed by atoms with Crippen molar-refractivity contribution < 1.29 is 10.0 Å². The molecule has 0 spiro atoms. The molecule has 2 N–H and O–H groups in total. The second-order valence-corrected chi connectivity index (χ2v) is 7.44. The van der Waals surface area contributed by atoms with Gasteiger partial charge in [-0.3, -0.25) is 10.1 Å². The van der Waals surface area contributed by atoms with Gasteiger partial charge in [0.15, 0.2) is 0 Å². The van der Waals surface area contributed by atoms with E-state index in [1.165, 1.54) is 17.7 Å². The van der Waals surface area contributed by atoms with Crippen LogP contribution in [0.15, 0.2) is 40.9 Å². The Balaban J connectivity index is 2.02. The summed E-state index contributed by atoms with van der Waals surface area (Å²) in [6, 6.07) is 10.2. The van der Waals surface area contributed by atoms with Crippen molar-refractivity contribution in [1.82, 2.24) is 0 Å². The van der Waals surface area contributed by atoms with Crippen molar-refractivity contribution in [2.75, 3.05) is 11.9 Å². The Morgan fingerprint density at radius 2 is 2.12 bits per heavy atom. The number of benzene rings is 2. The normalized spacial score (nSPS) is 15.0. The van der Waals surface area contributed by atoms with E-state index in [1.54, 1.807) is 6.07 Å². The molecule has 2 aromatic rings. The van der Waals surface area contributed by atoms with E-state index in [9.17, 15) is 15.2 Å². The predicted octanol–water partition coefficient (Wildman–Crippen LogP) is 5.42. The largest absolute Gasteiger partial charge is 0.396 e. The van der Waals surface area contributed by atoms with Gasteiger partial charge in [-0.15, -0.1) is 0 Å². The molecular formula is C18H18BrClN2O3. The molecule has 132 valence electrons. The van der Waals surface area contributed by atoms with Crippen LogP contribution in [0, 0.1) is 10.1 Å². The van der Waals surface area contributed by atoms with Gasteiger partial charge in [0.05, 0.1) is 11.0 Å². The molecule has 0 heterocycles. The maximum Gasteiger partial charge on any atom is 0.292 e. The summed E-state index contributed by atoms with van der Waals surface area (Å²) in [4.78, 5) is 10.9. The number of nitrogens with one attached hydrogen (secondary N) is 1. The van der Waals surface area contributed by atoms with Crippen molar-refractivity contribution >= 4 is 38.9 Å². The van der Waals surface area contributed by atoms with Crippen molar-refractivity contribution in [2.24, 2.45) is 0 Å². The topological polar surface area (TPSA) is 75.4 Å². The highest BCUT2D eigenvalue weighted by atomic mass is 79.9. The maximum atomic E-state index is 11.3. The lowest BCUT2D eigenvalue weighted by molar-refractivity contribution is -0.384. The molecular weight excluding hydrogens is 408 g/mol. The van der Waals surface area contributed by atoms with Crippen LogP contribution >= 0.6 is 27.5 Å². The van der Waals surface area contributed by atoms with Crippen molar-refractivity contribution in [2.45, 2.75) is 31.2 Å². The van der Waals surface area contributed by atoms with Crippen LogP contribution in [0.25, 0.3) is 0 Å². The minimum absolute atomic E-state index is 0.0303. The first-order valence-corrected chi connectivity index (χ1v) is 9.28. The smallest absolute Gasteiger partial charge is 0.292 e. The van der Waals surface area contributed by atoms with Crippen LogP contribution in [0.5, 0.6) is 0 Å². The zero-order valence-electron chi connectivity index (χ0n) is 13.4. The molecule has 5 nitrogen and oxygen atoms in total. The van der Waals surface area contributed by atoms with Gasteiger partial charge >= 0.3 is 0 Å². The van der Waals surface area contributed by atoms with Crippen molar-refractivity contribution in [3.05, 3.63) is 67.1 Å². The van der Waals surface area contributed by atoms with Gasteiger partial charge < -0.3 is 10.4 Å². The average molecular weight is 426 g/mol. The third kappa shape index (κ3) is 4.14. The van der Waals surface area contributed by atoms with Crippen LogP contribution in [0.1, 0.15) is 42.3 Å². The molecule has 1 atom stereocenters. The van der Waals surface area contributed by atoms with Crippen molar-refractivity contribution in [3.63, 3.8) is 0 Å². The fourth-order valence-electron chi connectivity index (χ4n) is 3.06. The molecule has 1 fully saturated rings. The standard InChI is InChI=1S/C18H18BrClN2O3/c19-14-3-1-2-13(11-4-5-11)18(14)15(8-9-23)21-16-10-12(20)6-7-17(16)22(24)25/h1-3,6-7,10-11,15,21,23H,4-5,8-9H2/t15-/m1/s1. The molecule has 2 aromatic carbocycles. The molecule has 1 aliphatic carbocycles. The van der Waals surface area contributed by atoms with Crippen LogP contribution in [0.2, 0.25) is 5.02 Å². The molecule has 3 rings (SSSR count). The Morgan fingerprint density at radius 1 is 1.36 bits per heavy atom. The van der Waals surface area contributed by atoms with E-state index < -0.39 is 4.92 Å². The Kier molecular flexibility index (Phi) is 5.61. The van der Waals surface area contributed by atoms with Crippen LogP contribution in [0.4, 0.5) is 11.4 Å². The summed E-state index contributed by atoms with van der Waals surface area (Å²) in [7, 11) is 0. The van der Waals surface area contributed by atoms with E-state index in [2.05, 4.69) is 27.3 Å². The lowest BCUT2D eigenvalue weighted by Crippen LogP contribution is -2.16. The van der Waals surface area contributed by atoms with Gasteiger partial charge in [-0.1, -0.05) is 39.7 Å². The molecule has 1 aliphatic rings. The number of aliphatic hydroxyl groups excluding tert-OH is 1. The number of halogens is 2. The average Bonchev–Trinajstić information content (AvgIpc) is 3.39. The number of rotatable bonds is 7. The van der Waals surface area contributed by atoms with Gasteiger partial charge in [0.2, 0.25) is 0 Å². The quantitative estimate of drug-likeness (QED) is 0.458. The van der Waals surface area contributed by atoms with E-state index >= 15 is 0 Å². The third-order valence-corrected chi connectivity index (χ3v) is 5.28. The minimum atomic E-state index is -0.434. The van der Waals surface area contributed by atoms with E-state index in [1.807, 2.05) is 12.1 Å². The van der Waals surface area contributed by atoms with Crippen molar-refractivity contribution in [3.8, 4) is 0 Å². The minimum Gasteiger partial charge on any atom is -0.396 e. The number of anilines is 1. The van der Waals surface area contributed by atoms with Gasteiger partial charge in [-0.2, -0.15) is 0 Å². The second-order valence-electron chi connectivity index (χ2n) is 6.14. The molecule has 0 radical (unpaired) electrons. The van der Waals surface area contributed by atoms with E-state index in [0.717, 1.165) is 22.9 Å². The predicted molar refractivity (Wildman–Crippen MR) is 102 cm³/mol. The highest BCUT2D eigenvalue weighted by molar-refractivity contribution is 9.10. The number of nitro groups is 1. The molecule has 0 unspecified atom stereocenters. The van der Waals surface area contributed by atoms with Gasteiger partial charge in [0.25, 0.3) is 5.69 Å². The first-order valence-electron chi connectivity index (χ1n) is 8.11. The molecule has 0 aliphatic heterocycles. The highest BCUT2D eigenvalue weighted by Crippen LogP contribution is 2.46. The summed E-state index contributed by atoms with van der Waals surface area (Å²) in [6.07, 6.45) is 2.73. The summed E-state index contributed by atoms with van der Waals surface area (Å²) < 4.78 is 0.938. The van der Waals surface area contributed by atoms with Crippen LogP contribution in [-0.2, 0) is 0 Å². The number of nitro benzene ring substituents is 1. The number of hydrogen-bond donors (Lipinski definition) is 2. The molecule has 0 saturated heterocycles. The first-order chi connectivity index (χ1) is 12.0. The molecule has 7 heteroatoms. The lowest BCUT2D eigenvalue weighted by atomic mass is 9.95. The summed E-state index contributed by atoms with van der Waals surface area (Å²) >= 11 is 9.64. The molecule has 0 aromatic heterocycles. The third-order valence-electron chi connectivity index (χ3n) is 4.36. The Hall–Kier alpha value is -1.63. The maximum absolute atomic E-state index is 11.3. The number of aliphatic hydroxyl groups is 1. The van der Waals surface area contributed by atoms with Crippen LogP contribution in [-0.4, -0.2) is 16.6 Å². The number of hydrogen-bond acceptors (Lipinski definition) is 4. The Morgan fingerprint density at radius 3 is 2.76 bits per heavy atom. The summed E-state index contributed by atoms with van der Waals surface area (Å²) in [5.74, 6) is 0.518. The Labute approximate surface area is 159 Å². The zero-order valence-corrected chi connectivity index (χ0v) is 15.8. The molecule has 25 heavy (non-hydrogen) atoms. The van der Waals surface area contributed by atoms with Crippen molar-refractivity contribution in [1.29, 1.82) is 0 Å². The zero-order chi connectivity index (χ0) is 18.0. The van der Waals surface area contributed by atoms with Crippen LogP contribution in [0.3, 0.4) is 0 Å². The van der Waals surface area contributed by atoms with Gasteiger partial charge in [0.1, 0.15) is 5.69 Å². The van der Waals surface area contributed by atoms with E-state index in [-0.39, 0.29) is 18.3 Å². The highest BCUT2D eigenvalue weighted by Gasteiger charge is 2.30.